The molecule has 12 heavy (non-hydrogen) atoms. The van der Waals surface area contributed by atoms with E-state index in [1.807, 2.05) is 7.05 Å². The number of hydrogen-bond donors (Lipinski definition) is 1. The number of nitrogens with one attached hydrogen (secondary N) is 1. The Morgan fingerprint density at radius 3 is 2.42 bits per heavy atom. The molecule has 0 unspecified atom stereocenters. The minimum atomic E-state index is 0. The number of halogens is 1. The Balaban J connectivity index is 0.00000121. The third-order valence-electron chi connectivity index (χ3n) is 1.99. The van der Waals surface area contributed by atoms with Crippen molar-refractivity contribution in [1.29, 1.82) is 0 Å². The number of rotatable bonds is 2. The van der Waals surface area contributed by atoms with Gasteiger partial charge in [0.25, 0.3) is 0 Å². The minimum Gasteiger partial charge on any atom is -0.388 e. The fourth-order valence-electron chi connectivity index (χ4n) is 1.38. The van der Waals surface area contributed by atoms with Crippen molar-refractivity contribution in [3.8, 4) is 0 Å². The number of aryl methyl sites for hydroxylation is 2. The van der Waals surface area contributed by atoms with Crippen molar-refractivity contribution in [2.24, 2.45) is 0 Å². The molecule has 2 heteroatoms. The molecule has 0 heterocycles. The number of hydrogen-bond acceptors (Lipinski definition) is 1. The summed E-state index contributed by atoms with van der Waals surface area (Å²) in [4.78, 5) is 0. The molecular weight excluding hydrogens is 170 g/mol. The number of benzene rings is 1. The minimum absolute atomic E-state index is 0. The summed E-state index contributed by atoms with van der Waals surface area (Å²) < 4.78 is 0. The average molecular weight is 186 g/mol. The summed E-state index contributed by atoms with van der Waals surface area (Å²) in [7, 11) is 1.97. The highest BCUT2D eigenvalue weighted by Crippen LogP contribution is 2.19. The van der Waals surface area contributed by atoms with Crippen LogP contribution in [0.4, 0.5) is 5.69 Å². The molecule has 1 nitrogen and oxygen atoms in total. The average Bonchev–Trinajstić information content (AvgIpc) is 2.04. The first-order valence-corrected chi connectivity index (χ1v) is 4.05. The summed E-state index contributed by atoms with van der Waals surface area (Å²) >= 11 is 0. The molecule has 0 amide bonds. The lowest BCUT2D eigenvalue weighted by Crippen LogP contribution is -1.96. The summed E-state index contributed by atoms with van der Waals surface area (Å²) in [6.07, 6.45) is 1.10. The lowest BCUT2D eigenvalue weighted by atomic mass is 10.1. The molecule has 0 aromatic heterocycles. The van der Waals surface area contributed by atoms with Crippen LogP contribution in [0.2, 0.25) is 0 Å². The normalized spacial score (nSPS) is 8.92. The zero-order chi connectivity index (χ0) is 8.27. The molecule has 0 fully saturated rings. The Kier molecular flexibility index (Phi) is 4.75. The first-order valence-electron chi connectivity index (χ1n) is 4.05. The lowest BCUT2D eigenvalue weighted by Gasteiger charge is -2.09. The molecule has 1 rings (SSSR count). The van der Waals surface area contributed by atoms with Crippen LogP contribution in [0.25, 0.3) is 0 Å². The molecule has 0 aliphatic heterocycles. The van der Waals surface area contributed by atoms with Crippen LogP contribution in [-0.4, -0.2) is 7.05 Å². The molecule has 0 saturated heterocycles. The van der Waals surface area contributed by atoms with E-state index < -0.39 is 0 Å². The van der Waals surface area contributed by atoms with Crippen molar-refractivity contribution < 1.29 is 0 Å². The predicted molar refractivity (Wildman–Crippen MR) is 57.4 cm³/mol. The van der Waals surface area contributed by atoms with Gasteiger partial charge in [0.05, 0.1) is 0 Å². The van der Waals surface area contributed by atoms with Gasteiger partial charge in [0.15, 0.2) is 0 Å². The van der Waals surface area contributed by atoms with Crippen molar-refractivity contribution in [3.05, 3.63) is 29.3 Å². The Morgan fingerprint density at radius 1 is 1.33 bits per heavy atom. The van der Waals surface area contributed by atoms with Gasteiger partial charge in [-0.05, 0) is 24.5 Å². The molecule has 1 N–H and O–H groups in total. The Morgan fingerprint density at radius 2 is 2.00 bits per heavy atom. The van der Waals surface area contributed by atoms with Crippen LogP contribution in [0.3, 0.4) is 0 Å². The van der Waals surface area contributed by atoms with Crippen molar-refractivity contribution in [3.63, 3.8) is 0 Å². The van der Waals surface area contributed by atoms with Crippen LogP contribution >= 0.6 is 12.4 Å². The highest BCUT2D eigenvalue weighted by atomic mass is 35.5. The highest BCUT2D eigenvalue weighted by molar-refractivity contribution is 5.85. The van der Waals surface area contributed by atoms with E-state index in [0.717, 1.165) is 6.42 Å². The van der Waals surface area contributed by atoms with Gasteiger partial charge in [-0.15, -0.1) is 12.4 Å². The van der Waals surface area contributed by atoms with E-state index in [9.17, 15) is 0 Å². The van der Waals surface area contributed by atoms with E-state index in [4.69, 9.17) is 0 Å². The van der Waals surface area contributed by atoms with Crippen LogP contribution in [0.5, 0.6) is 0 Å². The summed E-state index contributed by atoms with van der Waals surface area (Å²) in [5.74, 6) is 0. The largest absolute Gasteiger partial charge is 0.388 e. The quantitative estimate of drug-likeness (QED) is 0.747. The zero-order valence-corrected chi connectivity index (χ0v) is 8.66. The summed E-state index contributed by atoms with van der Waals surface area (Å²) in [5, 5.41) is 3.21. The topological polar surface area (TPSA) is 12.0 Å². The van der Waals surface area contributed by atoms with Gasteiger partial charge >= 0.3 is 0 Å². The molecule has 0 spiro atoms. The summed E-state index contributed by atoms with van der Waals surface area (Å²) in [6.45, 7) is 4.31. The van der Waals surface area contributed by atoms with E-state index >= 15 is 0 Å². The van der Waals surface area contributed by atoms with E-state index in [-0.39, 0.29) is 12.4 Å². The molecule has 0 aliphatic carbocycles. The molecule has 0 atom stereocenters. The zero-order valence-electron chi connectivity index (χ0n) is 7.85. The number of anilines is 1. The van der Waals surface area contributed by atoms with Crippen molar-refractivity contribution >= 4 is 18.1 Å². The van der Waals surface area contributed by atoms with E-state index in [1.165, 1.54) is 16.8 Å². The predicted octanol–water partition coefficient (Wildman–Crippen LogP) is 3.02. The fraction of sp³-hybridized carbons (Fsp3) is 0.400. The lowest BCUT2D eigenvalue weighted by molar-refractivity contribution is 1.13. The Bertz CT molecular complexity index is 246. The second-order valence-corrected chi connectivity index (χ2v) is 2.71. The molecule has 68 valence electrons. The molecule has 0 radical (unpaired) electrons. The SMILES string of the molecule is CCc1cccc(C)c1NC.Cl. The van der Waals surface area contributed by atoms with Gasteiger partial charge in [-0.1, -0.05) is 25.1 Å². The highest BCUT2D eigenvalue weighted by Gasteiger charge is 1.99. The summed E-state index contributed by atoms with van der Waals surface area (Å²) in [5.41, 5.74) is 4.01. The second kappa shape index (κ2) is 5.04. The maximum absolute atomic E-state index is 3.21. The van der Waals surface area contributed by atoms with Gasteiger partial charge in [0.1, 0.15) is 0 Å². The van der Waals surface area contributed by atoms with Crippen molar-refractivity contribution in [2.45, 2.75) is 20.3 Å². The van der Waals surface area contributed by atoms with E-state index in [1.54, 1.807) is 0 Å². The first-order chi connectivity index (χ1) is 5.29. The van der Waals surface area contributed by atoms with Crippen LogP contribution in [0, 0.1) is 6.92 Å². The van der Waals surface area contributed by atoms with Crippen molar-refractivity contribution in [1.82, 2.24) is 0 Å². The van der Waals surface area contributed by atoms with Crippen LogP contribution in [0.1, 0.15) is 18.1 Å². The van der Waals surface area contributed by atoms with Gasteiger partial charge in [-0.2, -0.15) is 0 Å². The molecule has 0 bridgehead atoms. The van der Waals surface area contributed by atoms with Gasteiger partial charge in [0, 0.05) is 12.7 Å². The molecule has 0 aliphatic rings. The molecule has 0 saturated carbocycles. The standard InChI is InChI=1S/C10H15N.ClH/c1-4-9-7-5-6-8(2)10(9)11-3;/h5-7,11H,4H2,1-3H3;1H. The Hall–Kier alpha value is -0.690. The molecular formula is C10H16ClN. The maximum Gasteiger partial charge on any atom is 0.0399 e. The maximum atomic E-state index is 3.21. The van der Waals surface area contributed by atoms with Crippen molar-refractivity contribution in [2.75, 3.05) is 12.4 Å². The Labute approximate surface area is 80.6 Å². The summed E-state index contributed by atoms with van der Waals surface area (Å²) in [6, 6.07) is 6.40. The molecule has 1 aromatic rings. The van der Waals surface area contributed by atoms with E-state index in [0.29, 0.717) is 0 Å². The smallest absolute Gasteiger partial charge is 0.0399 e. The van der Waals surface area contributed by atoms with Gasteiger partial charge < -0.3 is 5.32 Å². The number of para-hydroxylation sites is 1. The second-order valence-electron chi connectivity index (χ2n) is 2.71. The first kappa shape index (κ1) is 11.3. The van der Waals surface area contributed by atoms with Gasteiger partial charge in [-0.25, -0.2) is 0 Å². The van der Waals surface area contributed by atoms with Crippen LogP contribution in [-0.2, 0) is 6.42 Å². The fourth-order valence-corrected chi connectivity index (χ4v) is 1.38. The molecule has 1 aromatic carbocycles. The van der Waals surface area contributed by atoms with Crippen LogP contribution < -0.4 is 5.32 Å². The van der Waals surface area contributed by atoms with Gasteiger partial charge in [0.2, 0.25) is 0 Å². The third kappa shape index (κ3) is 2.15. The monoisotopic (exact) mass is 185 g/mol. The van der Waals surface area contributed by atoms with E-state index in [2.05, 4.69) is 37.4 Å². The van der Waals surface area contributed by atoms with Gasteiger partial charge in [-0.3, -0.25) is 0 Å². The third-order valence-corrected chi connectivity index (χ3v) is 1.99. The van der Waals surface area contributed by atoms with Crippen LogP contribution in [0.15, 0.2) is 18.2 Å².